The van der Waals surface area contributed by atoms with Crippen molar-refractivity contribution in [3.63, 3.8) is 0 Å². The van der Waals surface area contributed by atoms with E-state index in [0.29, 0.717) is 5.75 Å². The second-order valence-electron chi connectivity index (χ2n) is 6.59. The van der Waals surface area contributed by atoms with E-state index in [9.17, 15) is 10.1 Å². The van der Waals surface area contributed by atoms with Crippen LogP contribution in [0.15, 0.2) is 48.6 Å². The quantitative estimate of drug-likeness (QED) is 0.500. The van der Waals surface area contributed by atoms with Gasteiger partial charge in [0.2, 0.25) is 0 Å². The van der Waals surface area contributed by atoms with Crippen molar-refractivity contribution in [2.45, 2.75) is 18.4 Å². The molecular formula is C20H20N2O4. The molecule has 6 heteroatoms. The van der Waals surface area contributed by atoms with Crippen LogP contribution in [0.5, 0.6) is 11.5 Å². The van der Waals surface area contributed by atoms with Gasteiger partial charge >= 0.3 is 0 Å². The fourth-order valence-corrected chi connectivity index (χ4v) is 4.16. The Morgan fingerprint density at radius 3 is 2.73 bits per heavy atom. The summed E-state index contributed by atoms with van der Waals surface area (Å²) in [4.78, 5) is 10.8. The summed E-state index contributed by atoms with van der Waals surface area (Å²) in [5, 5.41) is 14.7. The number of hydrogen-bond donors (Lipinski definition) is 1. The zero-order valence-corrected chi connectivity index (χ0v) is 14.6. The fourth-order valence-electron chi connectivity index (χ4n) is 4.16. The van der Waals surface area contributed by atoms with Gasteiger partial charge in [0.05, 0.1) is 25.2 Å². The second kappa shape index (κ2) is 6.37. The number of allylic oxidation sites excluding steroid dienone is 2. The highest BCUT2D eigenvalue weighted by molar-refractivity contribution is 5.64. The molecule has 1 aliphatic heterocycles. The molecule has 0 radical (unpaired) electrons. The number of ether oxygens (including phenoxy) is 2. The molecule has 0 saturated heterocycles. The van der Waals surface area contributed by atoms with E-state index in [-0.39, 0.29) is 28.5 Å². The summed E-state index contributed by atoms with van der Waals surface area (Å²) in [7, 11) is 3.27. The van der Waals surface area contributed by atoms with Crippen LogP contribution >= 0.6 is 0 Å². The molecular weight excluding hydrogens is 332 g/mol. The number of benzene rings is 2. The maximum atomic E-state index is 11.2. The van der Waals surface area contributed by atoms with Crippen LogP contribution in [-0.4, -0.2) is 19.1 Å². The first-order valence-corrected chi connectivity index (χ1v) is 8.56. The molecule has 2 aromatic carbocycles. The molecule has 0 amide bonds. The van der Waals surface area contributed by atoms with Gasteiger partial charge in [-0.15, -0.1) is 0 Å². The van der Waals surface area contributed by atoms with Crippen molar-refractivity contribution < 1.29 is 14.4 Å². The Kier molecular flexibility index (Phi) is 4.03. The minimum atomic E-state index is -0.342. The second-order valence-corrected chi connectivity index (χ2v) is 6.59. The Bertz CT molecular complexity index is 893. The Hall–Kier alpha value is -3.02. The molecule has 3 unspecified atom stereocenters. The first-order valence-electron chi connectivity index (χ1n) is 8.56. The SMILES string of the molecule is COc1cccc(C2Nc3ccc([N+](=O)[O-])cc3C3C=CCC32)c1OC. The van der Waals surface area contributed by atoms with Crippen LogP contribution in [0.25, 0.3) is 0 Å². The van der Waals surface area contributed by atoms with Gasteiger partial charge in [-0.3, -0.25) is 10.1 Å². The predicted molar refractivity (Wildman–Crippen MR) is 99.0 cm³/mol. The van der Waals surface area contributed by atoms with Crippen LogP contribution in [0.1, 0.15) is 29.5 Å². The zero-order chi connectivity index (χ0) is 18.3. The number of nitro benzene ring substituents is 1. The van der Waals surface area contributed by atoms with Gasteiger partial charge in [-0.05, 0) is 30.0 Å². The van der Waals surface area contributed by atoms with Crippen LogP contribution in [0.2, 0.25) is 0 Å². The molecule has 4 rings (SSSR count). The largest absolute Gasteiger partial charge is 0.493 e. The van der Waals surface area contributed by atoms with Crippen molar-refractivity contribution >= 4 is 11.4 Å². The van der Waals surface area contributed by atoms with Crippen molar-refractivity contribution in [3.05, 3.63) is 69.8 Å². The number of nitrogens with one attached hydrogen (secondary N) is 1. The van der Waals surface area contributed by atoms with E-state index in [1.165, 1.54) is 0 Å². The standard InChI is InChI=1S/C20H20N2O4/c1-25-18-8-4-7-15(20(18)26-2)19-14-6-3-5-13(14)16-11-12(22(23)24)9-10-17(16)21-19/h3-5,7-11,13-14,19,21H,6H2,1-2H3. The average Bonchev–Trinajstić information content (AvgIpc) is 3.16. The Morgan fingerprint density at radius 2 is 2.00 bits per heavy atom. The number of anilines is 1. The third-order valence-corrected chi connectivity index (χ3v) is 5.33. The summed E-state index contributed by atoms with van der Waals surface area (Å²) >= 11 is 0. The van der Waals surface area contributed by atoms with Gasteiger partial charge in [0, 0.05) is 29.3 Å². The molecule has 1 heterocycles. The van der Waals surface area contributed by atoms with Gasteiger partial charge in [0.15, 0.2) is 11.5 Å². The maximum absolute atomic E-state index is 11.2. The van der Waals surface area contributed by atoms with Crippen molar-refractivity contribution in [2.24, 2.45) is 5.92 Å². The summed E-state index contributed by atoms with van der Waals surface area (Å²) in [6.07, 6.45) is 5.23. The summed E-state index contributed by atoms with van der Waals surface area (Å²) in [5.74, 6) is 1.84. The van der Waals surface area contributed by atoms with Crippen molar-refractivity contribution in [1.29, 1.82) is 0 Å². The molecule has 134 valence electrons. The minimum absolute atomic E-state index is 0.0361. The summed E-state index contributed by atoms with van der Waals surface area (Å²) in [6.45, 7) is 0. The summed E-state index contributed by atoms with van der Waals surface area (Å²) in [5.41, 5.74) is 3.07. The molecule has 0 bridgehead atoms. The number of rotatable bonds is 4. The van der Waals surface area contributed by atoms with Gasteiger partial charge in [0.1, 0.15) is 0 Å². The highest BCUT2D eigenvalue weighted by Gasteiger charge is 2.40. The fraction of sp³-hybridized carbons (Fsp3) is 0.300. The highest BCUT2D eigenvalue weighted by atomic mass is 16.6. The smallest absolute Gasteiger partial charge is 0.269 e. The van der Waals surface area contributed by atoms with Gasteiger partial charge in [-0.25, -0.2) is 0 Å². The third-order valence-electron chi connectivity index (χ3n) is 5.33. The lowest BCUT2D eigenvalue weighted by Crippen LogP contribution is -2.29. The van der Waals surface area contributed by atoms with E-state index in [2.05, 4.69) is 17.5 Å². The van der Waals surface area contributed by atoms with E-state index in [4.69, 9.17) is 9.47 Å². The number of hydrogen-bond acceptors (Lipinski definition) is 5. The molecule has 0 spiro atoms. The molecule has 0 fully saturated rings. The van der Waals surface area contributed by atoms with Gasteiger partial charge < -0.3 is 14.8 Å². The first kappa shape index (κ1) is 16.4. The molecule has 2 aromatic rings. The zero-order valence-electron chi connectivity index (χ0n) is 14.6. The maximum Gasteiger partial charge on any atom is 0.269 e. The van der Waals surface area contributed by atoms with Crippen molar-refractivity contribution in [3.8, 4) is 11.5 Å². The van der Waals surface area contributed by atoms with Crippen LogP contribution < -0.4 is 14.8 Å². The van der Waals surface area contributed by atoms with Crippen LogP contribution in [0.4, 0.5) is 11.4 Å². The van der Waals surface area contributed by atoms with E-state index in [0.717, 1.165) is 29.0 Å². The molecule has 0 saturated carbocycles. The third kappa shape index (κ3) is 2.49. The van der Waals surface area contributed by atoms with E-state index in [1.54, 1.807) is 32.4 Å². The van der Waals surface area contributed by atoms with E-state index < -0.39 is 0 Å². The molecule has 3 atom stereocenters. The van der Waals surface area contributed by atoms with Crippen molar-refractivity contribution in [1.82, 2.24) is 0 Å². The van der Waals surface area contributed by atoms with Crippen LogP contribution in [0.3, 0.4) is 0 Å². The van der Waals surface area contributed by atoms with E-state index in [1.807, 2.05) is 18.2 Å². The molecule has 26 heavy (non-hydrogen) atoms. The highest BCUT2D eigenvalue weighted by Crippen LogP contribution is 2.52. The summed E-state index contributed by atoms with van der Waals surface area (Å²) in [6, 6.07) is 11.0. The number of fused-ring (bicyclic) bond motifs is 3. The summed E-state index contributed by atoms with van der Waals surface area (Å²) < 4.78 is 11.1. The number of methoxy groups -OCH3 is 2. The van der Waals surface area contributed by atoms with Gasteiger partial charge in [0.25, 0.3) is 5.69 Å². The molecule has 0 aromatic heterocycles. The Balaban J connectivity index is 1.81. The number of non-ortho nitro benzene ring substituents is 1. The van der Waals surface area contributed by atoms with Gasteiger partial charge in [-0.1, -0.05) is 24.3 Å². The normalized spacial score (nSPS) is 22.9. The van der Waals surface area contributed by atoms with Crippen molar-refractivity contribution in [2.75, 3.05) is 19.5 Å². The molecule has 1 aliphatic carbocycles. The number of para-hydroxylation sites is 1. The Morgan fingerprint density at radius 1 is 1.15 bits per heavy atom. The minimum Gasteiger partial charge on any atom is -0.493 e. The average molecular weight is 352 g/mol. The lowest BCUT2D eigenvalue weighted by atomic mass is 9.76. The molecule has 6 nitrogen and oxygen atoms in total. The lowest BCUT2D eigenvalue weighted by molar-refractivity contribution is -0.384. The van der Waals surface area contributed by atoms with Gasteiger partial charge in [-0.2, -0.15) is 0 Å². The van der Waals surface area contributed by atoms with Crippen LogP contribution in [-0.2, 0) is 0 Å². The lowest BCUT2D eigenvalue weighted by Gasteiger charge is -2.38. The molecule has 1 N–H and O–H groups in total. The number of nitrogens with zero attached hydrogens (tertiary/aromatic N) is 1. The van der Waals surface area contributed by atoms with Crippen LogP contribution in [0, 0.1) is 16.0 Å². The predicted octanol–water partition coefficient (Wildman–Crippen LogP) is 4.44. The van der Waals surface area contributed by atoms with E-state index >= 15 is 0 Å². The first-order chi connectivity index (χ1) is 12.6. The number of nitro groups is 1. The monoisotopic (exact) mass is 352 g/mol. The Labute approximate surface area is 151 Å². The molecule has 2 aliphatic rings. The topological polar surface area (TPSA) is 73.6 Å².